The molecule has 1 aromatic carbocycles. The third-order valence-electron chi connectivity index (χ3n) is 5.93. The van der Waals surface area contributed by atoms with E-state index in [1.165, 1.54) is 23.5 Å². The van der Waals surface area contributed by atoms with Gasteiger partial charge in [-0.3, -0.25) is 14.5 Å². The number of ether oxygens (including phenoxy) is 2. The Morgan fingerprint density at radius 2 is 2.00 bits per heavy atom. The Labute approximate surface area is 194 Å². The number of rotatable bonds is 10. The van der Waals surface area contributed by atoms with Crippen molar-refractivity contribution in [3.63, 3.8) is 0 Å². The van der Waals surface area contributed by atoms with E-state index in [0.717, 1.165) is 25.7 Å². The molecule has 1 aromatic heterocycles. The van der Waals surface area contributed by atoms with Gasteiger partial charge in [0.25, 0.3) is 0 Å². The normalized spacial score (nSPS) is 17.7. The van der Waals surface area contributed by atoms with Gasteiger partial charge in [-0.2, -0.15) is 8.78 Å². The number of alkyl halides is 2. The van der Waals surface area contributed by atoms with Gasteiger partial charge in [-0.05, 0) is 50.2 Å². The highest BCUT2D eigenvalue weighted by Crippen LogP contribution is 2.38. The summed E-state index contributed by atoms with van der Waals surface area (Å²) in [6.45, 7) is -1.65. The topological polar surface area (TPSA) is 89.0 Å². The number of thiazole rings is 1. The lowest BCUT2D eigenvalue weighted by molar-refractivity contribution is -0.141. The Bertz CT molecular complexity index is 975. The first-order chi connectivity index (χ1) is 15.9. The third-order valence-corrected chi connectivity index (χ3v) is 6.77. The van der Waals surface area contributed by atoms with Crippen molar-refractivity contribution < 1.29 is 33.0 Å². The molecule has 1 atom stereocenters. The Morgan fingerprint density at radius 1 is 1.24 bits per heavy atom. The zero-order chi connectivity index (χ0) is 23.4. The number of carboxylic acid groups (broad SMARTS) is 1. The molecule has 1 saturated heterocycles. The third kappa shape index (κ3) is 6.26. The molecule has 2 aliphatic rings. The number of halogens is 2. The van der Waals surface area contributed by atoms with E-state index in [-0.39, 0.29) is 30.0 Å². The van der Waals surface area contributed by atoms with Crippen LogP contribution >= 0.6 is 11.3 Å². The highest BCUT2D eigenvalue weighted by atomic mass is 32.1. The van der Waals surface area contributed by atoms with Crippen LogP contribution in [0.2, 0.25) is 0 Å². The molecule has 4 rings (SSSR count). The Morgan fingerprint density at radius 3 is 2.67 bits per heavy atom. The van der Waals surface area contributed by atoms with E-state index in [2.05, 4.69) is 9.72 Å². The number of carbonyl (C=O) groups is 2. The molecule has 1 amide bonds. The number of benzene rings is 1. The molecule has 2 heterocycles. The fourth-order valence-corrected chi connectivity index (χ4v) is 5.08. The molecule has 0 spiro atoms. The first-order valence-corrected chi connectivity index (χ1v) is 11.9. The molecule has 1 aliphatic carbocycles. The molecule has 33 heavy (non-hydrogen) atoms. The quantitative estimate of drug-likeness (QED) is 0.525. The molecule has 1 N–H and O–H groups in total. The Balaban J connectivity index is 1.54. The maximum Gasteiger partial charge on any atom is 0.387 e. The van der Waals surface area contributed by atoms with Crippen molar-refractivity contribution >= 4 is 28.3 Å². The average Bonchev–Trinajstić information content (AvgIpc) is 3.49. The molecule has 2 aromatic rings. The van der Waals surface area contributed by atoms with E-state index in [1.54, 1.807) is 22.4 Å². The zero-order valence-corrected chi connectivity index (χ0v) is 18.8. The summed E-state index contributed by atoms with van der Waals surface area (Å²) in [5.41, 5.74) is 1.15. The summed E-state index contributed by atoms with van der Waals surface area (Å²) in [6.07, 6.45) is 3.63. The zero-order valence-electron chi connectivity index (χ0n) is 18.0. The molecular weight excluding hydrogens is 454 g/mol. The standard InChI is InChI=1S/C23H26F2N2O5S/c24-22(25)32-18-3-1-2-15(11-18)19-13-33-23(26-19)27(17-4-5-17)21(30)16(12-20(28)29)10-14-6-8-31-9-7-14/h1-3,11,13-14,16-17,22H,4-10,12H2,(H,28,29). The molecule has 0 bridgehead atoms. The highest BCUT2D eigenvalue weighted by Gasteiger charge is 2.40. The van der Waals surface area contributed by atoms with Crippen molar-refractivity contribution in [2.45, 2.75) is 51.2 Å². The number of nitrogens with zero attached hydrogens (tertiary/aromatic N) is 2. The maximum atomic E-state index is 13.6. The van der Waals surface area contributed by atoms with Gasteiger partial charge in [0.1, 0.15) is 5.75 Å². The maximum absolute atomic E-state index is 13.6. The Hall–Kier alpha value is -2.59. The molecular formula is C23H26F2N2O5S. The molecule has 7 nitrogen and oxygen atoms in total. The van der Waals surface area contributed by atoms with Gasteiger partial charge in [0.15, 0.2) is 5.13 Å². The number of carboxylic acids is 1. The summed E-state index contributed by atoms with van der Waals surface area (Å²) >= 11 is 1.29. The average molecular weight is 481 g/mol. The number of hydrogen-bond acceptors (Lipinski definition) is 6. The SMILES string of the molecule is O=C(O)CC(CC1CCOCC1)C(=O)N(c1nc(-c2cccc(OC(F)F)c2)cs1)C1CC1. The number of anilines is 1. The molecule has 178 valence electrons. The van der Waals surface area contributed by atoms with Gasteiger partial charge in [-0.15, -0.1) is 11.3 Å². The van der Waals surface area contributed by atoms with Crippen LogP contribution in [0.1, 0.15) is 38.5 Å². The second-order valence-corrected chi connectivity index (χ2v) is 9.28. The lowest BCUT2D eigenvalue weighted by Crippen LogP contribution is -2.40. The first-order valence-electron chi connectivity index (χ1n) is 11.0. The smallest absolute Gasteiger partial charge is 0.387 e. The highest BCUT2D eigenvalue weighted by molar-refractivity contribution is 7.14. The summed E-state index contributed by atoms with van der Waals surface area (Å²) in [5, 5.41) is 11.7. The van der Waals surface area contributed by atoms with E-state index in [1.807, 2.05) is 0 Å². The summed E-state index contributed by atoms with van der Waals surface area (Å²) in [5.74, 6) is -1.53. The minimum atomic E-state index is -2.92. The fourth-order valence-electron chi connectivity index (χ4n) is 4.17. The van der Waals surface area contributed by atoms with E-state index in [4.69, 9.17) is 4.74 Å². The monoisotopic (exact) mass is 480 g/mol. The van der Waals surface area contributed by atoms with Crippen molar-refractivity contribution in [3.05, 3.63) is 29.6 Å². The van der Waals surface area contributed by atoms with Gasteiger partial charge in [0.2, 0.25) is 5.91 Å². The van der Waals surface area contributed by atoms with Crippen molar-refractivity contribution in [2.24, 2.45) is 11.8 Å². The summed E-state index contributed by atoms with van der Waals surface area (Å²) in [7, 11) is 0. The predicted octanol–water partition coefficient (Wildman–Crippen LogP) is 4.81. The van der Waals surface area contributed by atoms with E-state index in [9.17, 15) is 23.5 Å². The van der Waals surface area contributed by atoms with Crippen LogP contribution in [0.15, 0.2) is 29.6 Å². The van der Waals surface area contributed by atoms with E-state index < -0.39 is 18.5 Å². The van der Waals surface area contributed by atoms with Crippen molar-refractivity contribution in [2.75, 3.05) is 18.1 Å². The van der Waals surface area contributed by atoms with Crippen molar-refractivity contribution in [1.29, 1.82) is 0 Å². The van der Waals surface area contributed by atoms with Gasteiger partial charge in [0, 0.05) is 36.1 Å². The Kier molecular flexibility index (Phi) is 7.54. The predicted molar refractivity (Wildman–Crippen MR) is 119 cm³/mol. The summed E-state index contributed by atoms with van der Waals surface area (Å²) < 4.78 is 35.0. The minimum Gasteiger partial charge on any atom is -0.481 e. The molecule has 1 unspecified atom stereocenters. The van der Waals surface area contributed by atoms with Crippen LogP contribution < -0.4 is 9.64 Å². The van der Waals surface area contributed by atoms with Crippen LogP contribution in [-0.4, -0.2) is 47.8 Å². The molecule has 1 saturated carbocycles. The van der Waals surface area contributed by atoms with Crippen molar-refractivity contribution in [1.82, 2.24) is 4.98 Å². The molecule has 0 radical (unpaired) electrons. The second-order valence-electron chi connectivity index (χ2n) is 8.45. The number of aliphatic carboxylic acids is 1. The lowest BCUT2D eigenvalue weighted by Gasteiger charge is -2.29. The molecule has 2 fully saturated rings. The van der Waals surface area contributed by atoms with Crippen LogP contribution in [0, 0.1) is 11.8 Å². The lowest BCUT2D eigenvalue weighted by atomic mass is 9.86. The largest absolute Gasteiger partial charge is 0.481 e. The first kappa shape index (κ1) is 23.6. The number of amides is 1. The van der Waals surface area contributed by atoms with Gasteiger partial charge in [-0.1, -0.05) is 12.1 Å². The van der Waals surface area contributed by atoms with Crippen LogP contribution in [0.5, 0.6) is 5.75 Å². The van der Waals surface area contributed by atoms with Crippen LogP contribution in [0.25, 0.3) is 11.3 Å². The van der Waals surface area contributed by atoms with Gasteiger partial charge < -0.3 is 14.6 Å². The minimum absolute atomic E-state index is 0.0102. The van der Waals surface area contributed by atoms with Gasteiger partial charge in [-0.25, -0.2) is 4.98 Å². The van der Waals surface area contributed by atoms with E-state index >= 15 is 0 Å². The number of hydrogen-bond donors (Lipinski definition) is 1. The number of carbonyl (C=O) groups excluding carboxylic acids is 1. The fraction of sp³-hybridized carbons (Fsp3) is 0.522. The van der Waals surface area contributed by atoms with Crippen LogP contribution in [-0.2, 0) is 14.3 Å². The van der Waals surface area contributed by atoms with Crippen LogP contribution in [0.4, 0.5) is 13.9 Å². The summed E-state index contributed by atoms with van der Waals surface area (Å²) in [4.78, 5) is 31.3. The van der Waals surface area contributed by atoms with Crippen LogP contribution in [0.3, 0.4) is 0 Å². The van der Waals surface area contributed by atoms with Gasteiger partial charge >= 0.3 is 12.6 Å². The number of aromatic nitrogens is 1. The van der Waals surface area contributed by atoms with Crippen molar-refractivity contribution in [3.8, 4) is 17.0 Å². The molecule has 1 aliphatic heterocycles. The van der Waals surface area contributed by atoms with E-state index in [0.29, 0.717) is 36.0 Å². The summed E-state index contributed by atoms with van der Waals surface area (Å²) in [6, 6.07) is 6.27. The van der Waals surface area contributed by atoms with Gasteiger partial charge in [0.05, 0.1) is 12.1 Å². The molecule has 10 heteroatoms. The second kappa shape index (κ2) is 10.6.